The predicted molar refractivity (Wildman–Crippen MR) is 133 cm³/mol. The molecule has 1 aromatic heterocycles. The summed E-state index contributed by atoms with van der Waals surface area (Å²) < 4.78 is 4.65. The van der Waals surface area contributed by atoms with Crippen LogP contribution in [0.15, 0.2) is 16.4 Å². The molecule has 1 aromatic rings. The van der Waals surface area contributed by atoms with Crippen LogP contribution in [-0.2, 0) is 24.0 Å². The number of nitrogens with two attached hydrogens (primary N) is 2. The topological polar surface area (TPSA) is 203 Å². The maximum atomic E-state index is 13.1. The van der Waals surface area contributed by atoms with Crippen LogP contribution in [0.5, 0.6) is 0 Å². The van der Waals surface area contributed by atoms with E-state index in [9.17, 15) is 24.3 Å². The van der Waals surface area contributed by atoms with Crippen molar-refractivity contribution in [1.29, 1.82) is 0 Å². The highest BCUT2D eigenvalue weighted by Gasteiger charge is 2.57. The molecule has 2 atom stereocenters. The van der Waals surface area contributed by atoms with Gasteiger partial charge in [-0.15, -0.1) is 11.8 Å². The molecular formula is C21H27N8O6S2+. The Kier molecular flexibility index (Phi) is 6.35. The Morgan fingerprint density at radius 3 is 2.51 bits per heavy atom. The molecule has 1 unspecified atom stereocenters. The van der Waals surface area contributed by atoms with Gasteiger partial charge in [-0.05, 0) is 0 Å². The number of carbonyl (C=O) groups is 4. The predicted octanol–water partition coefficient (Wildman–Crippen LogP) is -1.30. The van der Waals surface area contributed by atoms with Gasteiger partial charge < -0.3 is 31.2 Å². The highest BCUT2D eigenvalue weighted by atomic mass is 32.2. The maximum Gasteiger partial charge on any atom is 0.352 e. The van der Waals surface area contributed by atoms with Crippen molar-refractivity contribution in [3.8, 4) is 0 Å². The van der Waals surface area contributed by atoms with E-state index in [1.807, 2.05) is 0 Å². The van der Waals surface area contributed by atoms with Gasteiger partial charge in [0, 0.05) is 42.1 Å². The van der Waals surface area contributed by atoms with Crippen molar-refractivity contribution in [2.75, 3.05) is 44.8 Å². The van der Waals surface area contributed by atoms with E-state index >= 15 is 0 Å². The lowest BCUT2D eigenvalue weighted by atomic mass is 9.70. The zero-order valence-electron chi connectivity index (χ0n) is 20.0. The molecule has 14 nitrogen and oxygen atoms in total. The lowest BCUT2D eigenvalue weighted by Gasteiger charge is -2.55. The Labute approximate surface area is 219 Å². The number of β-lactam (4-membered cyclic amide) rings is 1. The number of carboxylic acids is 1. The van der Waals surface area contributed by atoms with Gasteiger partial charge in [-0.2, -0.15) is 9.36 Å². The average Bonchev–Trinajstić information content (AvgIpc) is 3.31. The van der Waals surface area contributed by atoms with Crippen molar-refractivity contribution in [2.24, 2.45) is 16.3 Å². The summed E-state index contributed by atoms with van der Waals surface area (Å²) in [6.07, 6.45) is 2.07. The van der Waals surface area contributed by atoms with Gasteiger partial charge in [0.1, 0.15) is 30.8 Å². The normalized spacial score (nSPS) is 31.0. The first kappa shape index (κ1) is 25.4. The Morgan fingerprint density at radius 1 is 1.30 bits per heavy atom. The number of quaternary nitrogens is 1. The lowest BCUT2D eigenvalue weighted by Crippen LogP contribution is -2.71. The number of thioether (sulfide) groups is 1. The van der Waals surface area contributed by atoms with Crippen LogP contribution in [0.25, 0.3) is 0 Å². The summed E-state index contributed by atoms with van der Waals surface area (Å²) in [5, 5.41) is 15.9. The second-order valence-electron chi connectivity index (χ2n) is 9.76. The number of fused-ring (bicyclic) bond motifs is 4. The van der Waals surface area contributed by atoms with Crippen LogP contribution >= 0.6 is 23.3 Å². The zero-order chi connectivity index (χ0) is 26.5. The van der Waals surface area contributed by atoms with Gasteiger partial charge in [0.2, 0.25) is 17.4 Å². The smallest absolute Gasteiger partial charge is 0.352 e. The van der Waals surface area contributed by atoms with Gasteiger partial charge in [-0.25, -0.2) is 4.79 Å². The molecule has 3 amide bonds. The number of carboxylic acid groups (broad SMARTS) is 1. The molecule has 0 aromatic carbocycles. The zero-order valence-corrected chi connectivity index (χ0v) is 21.6. The molecule has 2 bridgehead atoms. The molecule has 4 fully saturated rings. The minimum absolute atomic E-state index is 0.0243. The molecule has 0 spiro atoms. The first-order valence-corrected chi connectivity index (χ1v) is 13.5. The number of rotatable bonds is 8. The third kappa shape index (κ3) is 4.21. The fourth-order valence-corrected chi connectivity index (χ4v) is 7.47. The lowest BCUT2D eigenvalue weighted by molar-refractivity contribution is -0.940. The van der Waals surface area contributed by atoms with Crippen LogP contribution < -0.4 is 16.8 Å². The SMILES string of the molecule is CON=C(C(=O)NC1C(=O)N2C(C(=O)O)=C(C[N+]34CCC(C(N)=O)(CC3)CC4)CS[C@H]12)c1nsc(N)n1. The standard InChI is InChI=1S/C21H26N8O6S2/c1-35-26-11(14-25-20(23)37-27-14)15(30)24-12-16(31)28-13(18(32)33)10(9-36-17(12)28)8-29-5-2-21(3-6-29,4-7-29)19(22)34/h12,17H,2-9H2,1H3,(H5-,22,23,24,25,27,30,32,33,34)/p+1/t12?,17-,21?,29?/m1/s1. The van der Waals surface area contributed by atoms with Gasteiger partial charge in [0.25, 0.3) is 11.8 Å². The number of hydrogen-bond acceptors (Lipinski definition) is 11. The van der Waals surface area contributed by atoms with Crippen LogP contribution in [0.1, 0.15) is 25.1 Å². The van der Waals surface area contributed by atoms with E-state index in [4.69, 9.17) is 16.3 Å². The van der Waals surface area contributed by atoms with Crippen molar-refractivity contribution in [2.45, 2.75) is 30.7 Å². The quantitative estimate of drug-likeness (QED) is 0.130. The Bertz CT molecular complexity index is 1220. The van der Waals surface area contributed by atoms with Crippen molar-refractivity contribution in [3.63, 3.8) is 0 Å². The number of hydrogen-bond donors (Lipinski definition) is 4. The van der Waals surface area contributed by atoms with Crippen LogP contribution in [0.2, 0.25) is 0 Å². The largest absolute Gasteiger partial charge is 0.477 e. The number of anilines is 1. The summed E-state index contributed by atoms with van der Waals surface area (Å²) >= 11 is 2.28. The molecule has 0 aliphatic carbocycles. The monoisotopic (exact) mass is 551 g/mol. The first-order valence-electron chi connectivity index (χ1n) is 11.7. The summed E-state index contributed by atoms with van der Waals surface area (Å²) in [5.41, 5.74) is 11.2. The summed E-state index contributed by atoms with van der Waals surface area (Å²) in [6, 6.07) is -0.945. The summed E-state index contributed by atoms with van der Waals surface area (Å²) in [7, 11) is 1.26. The Balaban J connectivity index is 1.32. The van der Waals surface area contributed by atoms with Crippen molar-refractivity contribution < 1.29 is 33.6 Å². The number of carbonyl (C=O) groups excluding carboxylic acids is 3. The van der Waals surface area contributed by atoms with Crippen molar-refractivity contribution in [1.82, 2.24) is 19.6 Å². The number of nitrogen functional groups attached to an aromatic ring is 1. The minimum atomic E-state index is -1.18. The van der Waals surface area contributed by atoms with E-state index in [0.717, 1.165) is 31.2 Å². The van der Waals surface area contributed by atoms with E-state index in [1.165, 1.54) is 23.8 Å². The molecule has 6 rings (SSSR count). The number of nitrogens with one attached hydrogen (secondary N) is 1. The number of amides is 3. The molecule has 37 heavy (non-hydrogen) atoms. The highest BCUT2D eigenvalue weighted by molar-refractivity contribution is 8.00. The Hall–Kier alpha value is -3.24. The maximum absolute atomic E-state index is 13.1. The number of aliphatic carboxylic acids is 1. The van der Waals surface area contributed by atoms with E-state index in [1.54, 1.807) is 0 Å². The fourth-order valence-electron chi connectivity index (χ4n) is 5.70. The van der Waals surface area contributed by atoms with E-state index in [2.05, 4.69) is 19.8 Å². The molecular weight excluding hydrogens is 524 g/mol. The number of oxime groups is 1. The van der Waals surface area contributed by atoms with Gasteiger partial charge in [0.15, 0.2) is 5.13 Å². The number of primary amides is 1. The van der Waals surface area contributed by atoms with Crippen LogP contribution in [0.4, 0.5) is 5.13 Å². The molecule has 6 heterocycles. The number of nitrogens with zero attached hydrogens (tertiary/aromatic N) is 5. The first-order chi connectivity index (χ1) is 17.6. The van der Waals surface area contributed by atoms with Gasteiger partial charge in [0.05, 0.1) is 25.0 Å². The van der Waals surface area contributed by atoms with Crippen molar-refractivity contribution in [3.05, 3.63) is 17.1 Å². The molecule has 4 saturated heterocycles. The van der Waals surface area contributed by atoms with E-state index in [-0.39, 0.29) is 28.3 Å². The molecule has 198 valence electrons. The summed E-state index contributed by atoms with van der Waals surface area (Å²) in [4.78, 5) is 60.2. The minimum Gasteiger partial charge on any atom is -0.477 e. The molecule has 0 saturated carbocycles. The average molecular weight is 552 g/mol. The van der Waals surface area contributed by atoms with Crippen LogP contribution in [-0.4, -0.2) is 104 Å². The van der Waals surface area contributed by atoms with Crippen molar-refractivity contribution >= 4 is 57.8 Å². The van der Waals surface area contributed by atoms with E-state index in [0.29, 0.717) is 41.6 Å². The molecule has 5 aliphatic rings. The second kappa shape index (κ2) is 9.25. The van der Waals surface area contributed by atoms with Crippen LogP contribution in [0, 0.1) is 5.41 Å². The van der Waals surface area contributed by atoms with Gasteiger partial charge in [-0.1, -0.05) is 5.16 Å². The second-order valence-corrected chi connectivity index (χ2v) is 11.7. The molecule has 6 N–H and O–H groups in total. The molecule has 5 aliphatic heterocycles. The van der Waals surface area contributed by atoms with Gasteiger partial charge >= 0.3 is 5.97 Å². The molecule has 0 radical (unpaired) electrons. The van der Waals surface area contributed by atoms with E-state index < -0.39 is 34.6 Å². The Morgan fingerprint density at radius 2 is 1.97 bits per heavy atom. The summed E-state index contributed by atoms with van der Waals surface area (Å²) in [6.45, 7) is 2.74. The third-order valence-electron chi connectivity index (χ3n) is 7.83. The number of aromatic nitrogens is 2. The third-order valence-corrected chi connectivity index (χ3v) is 9.71. The fraction of sp³-hybridized carbons (Fsp3) is 0.571. The molecule has 16 heteroatoms. The van der Waals surface area contributed by atoms with Crippen LogP contribution in [0.3, 0.4) is 0 Å². The summed E-state index contributed by atoms with van der Waals surface area (Å²) in [5.74, 6) is -2.31. The number of piperidine rings is 3. The van der Waals surface area contributed by atoms with Gasteiger partial charge in [-0.3, -0.25) is 19.3 Å². The highest BCUT2D eigenvalue weighted by Crippen LogP contribution is 2.46.